The van der Waals surface area contributed by atoms with Crippen LogP contribution < -0.4 is 10.6 Å². The molecule has 0 aromatic rings. The number of rotatable bonds is 1. The third-order valence-electron chi connectivity index (χ3n) is 4.56. The molecule has 2 N–H and O–H groups in total. The van der Waals surface area contributed by atoms with Crippen LogP contribution in [0, 0.1) is 5.92 Å². The summed E-state index contributed by atoms with van der Waals surface area (Å²) in [6.45, 7) is 1.07. The monoisotopic (exact) mass is 277 g/mol. The standard InChI is InChI=1S/C14H19N3O3/c18-11(10-4-2-1-3-5-10)17-8-6-14(7-9-17)12(19)15-13(20)16-14/h1-2,10H,3-9H2,(H2,15,16,19,20)/t10-/m1/s1. The van der Waals surface area contributed by atoms with E-state index in [0.29, 0.717) is 25.9 Å². The molecule has 0 saturated carbocycles. The molecule has 1 atom stereocenters. The number of imide groups is 1. The lowest BCUT2D eigenvalue weighted by molar-refractivity contribution is -0.139. The summed E-state index contributed by atoms with van der Waals surface area (Å²) in [7, 11) is 0. The fourth-order valence-electron chi connectivity index (χ4n) is 3.27. The Morgan fingerprint density at radius 1 is 1.25 bits per heavy atom. The maximum absolute atomic E-state index is 12.4. The number of allylic oxidation sites excluding steroid dienone is 2. The minimum absolute atomic E-state index is 0.0843. The van der Waals surface area contributed by atoms with Gasteiger partial charge in [0, 0.05) is 19.0 Å². The molecular weight excluding hydrogens is 258 g/mol. The van der Waals surface area contributed by atoms with Gasteiger partial charge in [0.15, 0.2) is 0 Å². The Balaban J connectivity index is 1.61. The van der Waals surface area contributed by atoms with Crippen LogP contribution in [0.4, 0.5) is 4.79 Å². The number of nitrogens with zero attached hydrogens (tertiary/aromatic N) is 1. The summed E-state index contributed by atoms with van der Waals surface area (Å²) in [5.41, 5.74) is -0.791. The van der Waals surface area contributed by atoms with Gasteiger partial charge in [0.2, 0.25) is 5.91 Å². The molecule has 6 heteroatoms. The number of amides is 4. The third kappa shape index (κ3) is 2.19. The molecule has 0 aromatic carbocycles. The van der Waals surface area contributed by atoms with Crippen LogP contribution in [-0.4, -0.2) is 41.4 Å². The first kappa shape index (κ1) is 13.1. The van der Waals surface area contributed by atoms with Crippen molar-refractivity contribution >= 4 is 17.8 Å². The number of likely N-dealkylation sites (tertiary alicyclic amines) is 1. The lowest BCUT2D eigenvalue weighted by Crippen LogP contribution is -2.56. The highest BCUT2D eigenvalue weighted by atomic mass is 16.2. The molecular formula is C14H19N3O3. The van der Waals surface area contributed by atoms with E-state index in [1.807, 2.05) is 4.90 Å². The van der Waals surface area contributed by atoms with Crippen molar-refractivity contribution in [3.63, 3.8) is 0 Å². The van der Waals surface area contributed by atoms with Gasteiger partial charge in [-0.05, 0) is 32.1 Å². The topological polar surface area (TPSA) is 78.5 Å². The molecule has 108 valence electrons. The van der Waals surface area contributed by atoms with E-state index in [1.54, 1.807) is 0 Å². The SMILES string of the molecule is O=C1NC(=O)C2(CCN(C(=O)[C@@H]3CC=CCC3)CC2)N1. The van der Waals surface area contributed by atoms with E-state index in [1.165, 1.54) is 0 Å². The highest BCUT2D eigenvalue weighted by molar-refractivity contribution is 6.07. The molecule has 0 aromatic heterocycles. The van der Waals surface area contributed by atoms with E-state index in [2.05, 4.69) is 22.8 Å². The smallest absolute Gasteiger partial charge is 0.322 e. The largest absolute Gasteiger partial charge is 0.342 e. The fraction of sp³-hybridized carbons (Fsp3) is 0.643. The first-order valence-corrected chi connectivity index (χ1v) is 7.18. The highest BCUT2D eigenvalue weighted by Gasteiger charge is 2.48. The van der Waals surface area contributed by atoms with Gasteiger partial charge in [-0.2, -0.15) is 0 Å². The summed E-state index contributed by atoms with van der Waals surface area (Å²) in [5.74, 6) is 0.0187. The number of nitrogens with one attached hydrogen (secondary N) is 2. The summed E-state index contributed by atoms with van der Waals surface area (Å²) < 4.78 is 0. The average Bonchev–Trinajstić information content (AvgIpc) is 2.74. The average molecular weight is 277 g/mol. The molecule has 0 radical (unpaired) electrons. The summed E-state index contributed by atoms with van der Waals surface area (Å²) >= 11 is 0. The second-order valence-corrected chi connectivity index (χ2v) is 5.80. The number of hydrogen-bond donors (Lipinski definition) is 2. The van der Waals surface area contributed by atoms with Gasteiger partial charge in [-0.3, -0.25) is 14.9 Å². The number of carbonyl (C=O) groups is 3. The Kier molecular flexibility index (Phi) is 3.23. The second kappa shape index (κ2) is 4.92. The predicted octanol–water partition coefficient (Wildman–Crippen LogP) is 0.543. The summed E-state index contributed by atoms with van der Waals surface area (Å²) in [4.78, 5) is 37.3. The predicted molar refractivity (Wildman–Crippen MR) is 71.7 cm³/mol. The fourth-order valence-corrected chi connectivity index (χ4v) is 3.27. The molecule has 1 spiro atoms. The number of piperidine rings is 1. The van der Waals surface area contributed by atoms with Gasteiger partial charge in [-0.15, -0.1) is 0 Å². The summed E-state index contributed by atoms with van der Waals surface area (Å²) in [6.07, 6.45) is 7.88. The van der Waals surface area contributed by atoms with Crippen LogP contribution in [0.2, 0.25) is 0 Å². The molecule has 4 amide bonds. The van der Waals surface area contributed by atoms with Crippen LogP contribution in [0.15, 0.2) is 12.2 Å². The Hall–Kier alpha value is -1.85. The minimum Gasteiger partial charge on any atom is -0.342 e. The van der Waals surface area contributed by atoms with Crippen LogP contribution >= 0.6 is 0 Å². The van der Waals surface area contributed by atoms with Crippen molar-refractivity contribution in [3.05, 3.63) is 12.2 Å². The maximum atomic E-state index is 12.4. The van der Waals surface area contributed by atoms with E-state index in [-0.39, 0.29) is 17.7 Å². The Labute approximate surface area is 117 Å². The molecule has 0 bridgehead atoms. The van der Waals surface area contributed by atoms with E-state index in [9.17, 15) is 14.4 Å². The van der Waals surface area contributed by atoms with Gasteiger partial charge >= 0.3 is 6.03 Å². The van der Waals surface area contributed by atoms with Crippen LogP contribution in [0.25, 0.3) is 0 Å². The number of carbonyl (C=O) groups excluding carboxylic acids is 3. The lowest BCUT2D eigenvalue weighted by atomic mass is 9.86. The van der Waals surface area contributed by atoms with Gasteiger partial charge in [-0.25, -0.2) is 4.79 Å². The highest BCUT2D eigenvalue weighted by Crippen LogP contribution is 2.28. The number of urea groups is 1. The van der Waals surface area contributed by atoms with Crippen LogP contribution in [0.5, 0.6) is 0 Å². The Morgan fingerprint density at radius 3 is 2.55 bits per heavy atom. The van der Waals surface area contributed by atoms with Gasteiger partial charge in [0.1, 0.15) is 5.54 Å². The van der Waals surface area contributed by atoms with Crippen molar-refractivity contribution in [2.75, 3.05) is 13.1 Å². The van der Waals surface area contributed by atoms with Crippen molar-refractivity contribution in [3.8, 4) is 0 Å². The molecule has 2 fully saturated rings. The van der Waals surface area contributed by atoms with Crippen LogP contribution in [0.3, 0.4) is 0 Å². The number of hydrogen-bond acceptors (Lipinski definition) is 3. The first-order chi connectivity index (χ1) is 9.61. The molecule has 2 aliphatic heterocycles. The zero-order chi connectivity index (χ0) is 14.2. The third-order valence-corrected chi connectivity index (χ3v) is 4.56. The van der Waals surface area contributed by atoms with Gasteiger partial charge in [-0.1, -0.05) is 12.2 Å². The zero-order valence-corrected chi connectivity index (χ0v) is 11.4. The molecule has 1 aliphatic carbocycles. The van der Waals surface area contributed by atoms with Crippen molar-refractivity contribution in [1.29, 1.82) is 0 Å². The molecule has 3 aliphatic rings. The van der Waals surface area contributed by atoms with Crippen LogP contribution in [-0.2, 0) is 9.59 Å². The van der Waals surface area contributed by atoms with Crippen molar-refractivity contribution in [2.24, 2.45) is 5.92 Å². The summed E-state index contributed by atoms with van der Waals surface area (Å²) in [6, 6.07) is -0.424. The molecule has 20 heavy (non-hydrogen) atoms. The molecule has 2 heterocycles. The maximum Gasteiger partial charge on any atom is 0.322 e. The van der Waals surface area contributed by atoms with E-state index in [4.69, 9.17) is 0 Å². The van der Waals surface area contributed by atoms with Gasteiger partial charge in [0.25, 0.3) is 5.91 Å². The Morgan fingerprint density at radius 2 is 2.00 bits per heavy atom. The first-order valence-electron chi connectivity index (χ1n) is 7.18. The molecule has 0 unspecified atom stereocenters. The van der Waals surface area contributed by atoms with Crippen LogP contribution in [0.1, 0.15) is 32.1 Å². The summed E-state index contributed by atoms with van der Waals surface area (Å²) in [5, 5.41) is 4.99. The molecule has 3 rings (SSSR count). The molecule has 2 saturated heterocycles. The second-order valence-electron chi connectivity index (χ2n) is 5.80. The zero-order valence-electron chi connectivity index (χ0n) is 11.4. The van der Waals surface area contributed by atoms with Gasteiger partial charge < -0.3 is 10.2 Å². The lowest BCUT2D eigenvalue weighted by Gasteiger charge is -2.38. The van der Waals surface area contributed by atoms with E-state index < -0.39 is 11.6 Å². The molecule has 6 nitrogen and oxygen atoms in total. The van der Waals surface area contributed by atoms with Crippen molar-refractivity contribution in [2.45, 2.75) is 37.6 Å². The minimum atomic E-state index is -0.791. The van der Waals surface area contributed by atoms with E-state index in [0.717, 1.165) is 19.3 Å². The van der Waals surface area contributed by atoms with E-state index >= 15 is 0 Å². The quantitative estimate of drug-likeness (QED) is 0.542. The van der Waals surface area contributed by atoms with Gasteiger partial charge in [0.05, 0.1) is 0 Å². The van der Waals surface area contributed by atoms with Crippen molar-refractivity contribution in [1.82, 2.24) is 15.5 Å². The normalized spacial score (nSPS) is 28.4. The van der Waals surface area contributed by atoms with Crippen molar-refractivity contribution < 1.29 is 14.4 Å². The Bertz CT molecular complexity index is 478.